The fraction of sp³-hybridized carbons (Fsp3) is 0.250. The Kier molecular flexibility index (Phi) is 4.12. The predicted octanol–water partition coefficient (Wildman–Crippen LogP) is 1.19. The van der Waals surface area contributed by atoms with Crippen molar-refractivity contribution in [3.05, 3.63) is 45.8 Å². The summed E-state index contributed by atoms with van der Waals surface area (Å²) in [5.41, 5.74) is 1.44. The minimum atomic E-state index is -1.02. The van der Waals surface area contributed by atoms with Gasteiger partial charge < -0.3 is 10.4 Å². The largest absolute Gasteiger partial charge is 0.480 e. The number of carboxylic acids is 1. The molecule has 2 aromatic rings. The molecule has 1 aromatic heterocycles. The molecule has 0 aliphatic heterocycles. The smallest absolute Gasteiger partial charge is 0.325 e. The number of nitrogens with zero attached hydrogens (tertiary/aromatic N) is 4. The minimum Gasteiger partial charge on any atom is -0.480 e. The molecule has 0 unspecified atom stereocenters. The maximum Gasteiger partial charge on any atom is 0.325 e. The molecule has 2 N–H and O–H groups in total. The molecule has 1 aromatic carbocycles. The summed E-state index contributed by atoms with van der Waals surface area (Å²) in [4.78, 5) is 21.1. The Morgan fingerprint density at radius 1 is 1.52 bits per heavy atom. The fourth-order valence-corrected chi connectivity index (χ4v) is 1.87. The Morgan fingerprint density at radius 2 is 2.29 bits per heavy atom. The SMILES string of the molecule is Cc1cccc(NCc2cn(CC(=O)O)nn2)c1[N+](=O)[O-]. The minimum absolute atomic E-state index is 0.00966. The van der Waals surface area contributed by atoms with E-state index in [4.69, 9.17) is 5.11 Å². The second-order valence-electron chi connectivity index (χ2n) is 4.38. The average Bonchev–Trinajstić information content (AvgIpc) is 2.82. The second-order valence-corrected chi connectivity index (χ2v) is 4.38. The molecule has 0 saturated carbocycles. The van der Waals surface area contributed by atoms with Crippen LogP contribution in [0, 0.1) is 17.0 Å². The molecule has 21 heavy (non-hydrogen) atoms. The van der Waals surface area contributed by atoms with Gasteiger partial charge in [0.05, 0.1) is 17.7 Å². The van der Waals surface area contributed by atoms with Crippen LogP contribution in [0.25, 0.3) is 0 Å². The number of aliphatic carboxylic acids is 1. The number of aromatic nitrogens is 3. The topological polar surface area (TPSA) is 123 Å². The van der Waals surface area contributed by atoms with E-state index in [-0.39, 0.29) is 18.8 Å². The van der Waals surface area contributed by atoms with Crippen LogP contribution in [-0.4, -0.2) is 31.0 Å². The highest BCUT2D eigenvalue weighted by atomic mass is 16.6. The lowest BCUT2D eigenvalue weighted by Crippen LogP contribution is -2.09. The van der Waals surface area contributed by atoms with Crippen LogP contribution in [0.2, 0.25) is 0 Å². The van der Waals surface area contributed by atoms with Gasteiger partial charge in [-0.2, -0.15) is 0 Å². The molecule has 0 bridgehead atoms. The van der Waals surface area contributed by atoms with E-state index in [9.17, 15) is 14.9 Å². The van der Waals surface area contributed by atoms with Gasteiger partial charge in [0.2, 0.25) is 0 Å². The van der Waals surface area contributed by atoms with E-state index in [1.165, 1.54) is 10.9 Å². The molecule has 9 nitrogen and oxygen atoms in total. The van der Waals surface area contributed by atoms with Gasteiger partial charge >= 0.3 is 5.97 Å². The maximum atomic E-state index is 11.0. The van der Waals surface area contributed by atoms with Crippen LogP contribution in [0.5, 0.6) is 0 Å². The summed E-state index contributed by atoms with van der Waals surface area (Å²) in [7, 11) is 0. The molecule has 0 amide bonds. The van der Waals surface area contributed by atoms with E-state index < -0.39 is 10.9 Å². The predicted molar refractivity (Wildman–Crippen MR) is 72.8 cm³/mol. The standard InChI is InChI=1S/C12H13N5O4/c1-8-3-2-4-10(12(8)17(20)21)13-5-9-6-16(15-14-9)7-11(18)19/h2-4,6,13H,5,7H2,1H3,(H,18,19). The maximum absolute atomic E-state index is 11.0. The molecule has 0 aliphatic rings. The van der Waals surface area contributed by atoms with E-state index in [0.717, 1.165) is 0 Å². The summed E-state index contributed by atoms with van der Waals surface area (Å²) in [5.74, 6) is -1.02. The molecule has 9 heteroatoms. The number of aryl methyl sites for hydroxylation is 1. The molecular formula is C12H13N5O4. The Bertz CT molecular complexity index is 682. The van der Waals surface area contributed by atoms with E-state index in [2.05, 4.69) is 15.6 Å². The van der Waals surface area contributed by atoms with Gasteiger partial charge in [0.1, 0.15) is 17.9 Å². The van der Waals surface area contributed by atoms with Crippen molar-refractivity contribution in [1.82, 2.24) is 15.0 Å². The van der Waals surface area contributed by atoms with Crippen molar-refractivity contribution in [1.29, 1.82) is 0 Å². The van der Waals surface area contributed by atoms with Crippen LogP contribution in [0.1, 0.15) is 11.3 Å². The first kappa shape index (κ1) is 14.4. The Labute approximate surface area is 119 Å². The number of hydrogen-bond acceptors (Lipinski definition) is 6. The number of nitro groups is 1. The normalized spacial score (nSPS) is 10.3. The lowest BCUT2D eigenvalue weighted by molar-refractivity contribution is -0.384. The number of benzene rings is 1. The van der Waals surface area contributed by atoms with Gasteiger partial charge in [-0.3, -0.25) is 14.9 Å². The van der Waals surface area contributed by atoms with Gasteiger partial charge in [-0.1, -0.05) is 17.3 Å². The van der Waals surface area contributed by atoms with Crippen LogP contribution in [-0.2, 0) is 17.9 Å². The number of rotatable bonds is 6. The third kappa shape index (κ3) is 3.53. The molecular weight excluding hydrogens is 278 g/mol. The van der Waals surface area contributed by atoms with Crippen molar-refractivity contribution in [2.24, 2.45) is 0 Å². The summed E-state index contributed by atoms with van der Waals surface area (Å²) in [5, 5.41) is 30.0. The zero-order chi connectivity index (χ0) is 15.4. The molecule has 0 saturated heterocycles. The summed E-state index contributed by atoms with van der Waals surface area (Å²) in [6.07, 6.45) is 1.47. The third-order valence-electron chi connectivity index (χ3n) is 2.76. The van der Waals surface area contributed by atoms with Gasteiger partial charge in [0, 0.05) is 5.56 Å². The number of anilines is 1. The summed E-state index contributed by atoms with van der Waals surface area (Å²) in [6, 6.07) is 4.98. The van der Waals surface area contributed by atoms with Crippen molar-refractivity contribution in [3.63, 3.8) is 0 Å². The lowest BCUT2D eigenvalue weighted by Gasteiger charge is -2.06. The number of para-hydroxylation sites is 1. The monoisotopic (exact) mass is 291 g/mol. The molecule has 110 valence electrons. The van der Waals surface area contributed by atoms with Gasteiger partial charge in [-0.15, -0.1) is 5.10 Å². The summed E-state index contributed by atoms with van der Waals surface area (Å²) in [6.45, 7) is 1.59. The van der Waals surface area contributed by atoms with E-state index in [0.29, 0.717) is 16.9 Å². The highest BCUT2D eigenvalue weighted by molar-refractivity contribution is 5.66. The van der Waals surface area contributed by atoms with Crippen molar-refractivity contribution >= 4 is 17.3 Å². The highest BCUT2D eigenvalue weighted by Crippen LogP contribution is 2.28. The average molecular weight is 291 g/mol. The zero-order valence-electron chi connectivity index (χ0n) is 11.2. The number of hydrogen-bond donors (Lipinski definition) is 2. The zero-order valence-corrected chi connectivity index (χ0v) is 11.2. The van der Waals surface area contributed by atoms with Crippen LogP contribution >= 0.6 is 0 Å². The Hall–Kier alpha value is -2.97. The third-order valence-corrected chi connectivity index (χ3v) is 2.76. The first-order valence-corrected chi connectivity index (χ1v) is 6.06. The fourth-order valence-electron chi connectivity index (χ4n) is 1.87. The Balaban J connectivity index is 2.10. The number of carboxylic acid groups (broad SMARTS) is 1. The van der Waals surface area contributed by atoms with Crippen LogP contribution < -0.4 is 5.32 Å². The molecule has 0 spiro atoms. The summed E-state index contributed by atoms with van der Waals surface area (Å²) >= 11 is 0. The number of nitrogens with one attached hydrogen (secondary N) is 1. The molecule has 0 atom stereocenters. The quantitative estimate of drug-likeness (QED) is 0.605. The first-order valence-electron chi connectivity index (χ1n) is 6.06. The molecule has 0 fully saturated rings. The van der Waals surface area contributed by atoms with Gasteiger partial charge in [-0.05, 0) is 13.0 Å². The van der Waals surface area contributed by atoms with Crippen LogP contribution in [0.15, 0.2) is 24.4 Å². The van der Waals surface area contributed by atoms with Crippen LogP contribution in [0.4, 0.5) is 11.4 Å². The Morgan fingerprint density at radius 3 is 2.95 bits per heavy atom. The van der Waals surface area contributed by atoms with Gasteiger partial charge in [-0.25, -0.2) is 4.68 Å². The van der Waals surface area contributed by atoms with Crippen LogP contribution in [0.3, 0.4) is 0 Å². The molecule has 2 rings (SSSR count). The second kappa shape index (κ2) is 5.99. The molecule has 0 aliphatic carbocycles. The van der Waals surface area contributed by atoms with E-state index in [1.807, 2.05) is 0 Å². The van der Waals surface area contributed by atoms with Gasteiger partial charge in [0.15, 0.2) is 0 Å². The van der Waals surface area contributed by atoms with Crippen molar-refractivity contribution in [3.8, 4) is 0 Å². The summed E-state index contributed by atoms with van der Waals surface area (Å²) < 4.78 is 1.18. The van der Waals surface area contributed by atoms with Crippen molar-refractivity contribution in [2.45, 2.75) is 20.0 Å². The van der Waals surface area contributed by atoms with Crippen molar-refractivity contribution in [2.75, 3.05) is 5.32 Å². The number of carbonyl (C=O) groups is 1. The first-order chi connectivity index (χ1) is 9.97. The van der Waals surface area contributed by atoms with Gasteiger partial charge in [0.25, 0.3) is 5.69 Å². The van der Waals surface area contributed by atoms with E-state index in [1.54, 1.807) is 25.1 Å². The highest BCUT2D eigenvalue weighted by Gasteiger charge is 2.16. The molecule has 1 heterocycles. The van der Waals surface area contributed by atoms with Crippen molar-refractivity contribution < 1.29 is 14.8 Å². The molecule has 0 radical (unpaired) electrons. The lowest BCUT2D eigenvalue weighted by atomic mass is 10.1. The van der Waals surface area contributed by atoms with E-state index >= 15 is 0 Å². The number of nitro benzene ring substituents is 1.